The van der Waals surface area contributed by atoms with Crippen molar-refractivity contribution in [1.82, 2.24) is 5.01 Å². The second-order valence-corrected chi connectivity index (χ2v) is 4.53. The van der Waals surface area contributed by atoms with Gasteiger partial charge in [-0.25, -0.2) is 5.01 Å². The van der Waals surface area contributed by atoms with E-state index in [2.05, 4.69) is 5.10 Å². The molecule has 1 heterocycles. The summed E-state index contributed by atoms with van der Waals surface area (Å²) in [5.74, 6) is 2.25. The van der Waals surface area contributed by atoms with Crippen LogP contribution in [0.1, 0.15) is 26.2 Å². The molecule has 13 heavy (non-hydrogen) atoms. The Balaban J connectivity index is 1.91. The molecule has 2 fully saturated rings. The second-order valence-electron chi connectivity index (χ2n) is 4.53. The number of hydrogen-bond acceptors (Lipinski definition) is 2. The standard InChI is InChI=1S/C10H14N2O/c1-6(13)12-10-8-3-2-7(4-8)9(10)5-11-12/h5,7-10H,2-4H2,1H3. The summed E-state index contributed by atoms with van der Waals surface area (Å²) in [5.41, 5.74) is 0. The SMILES string of the molecule is CC(=O)N1N=CC2C3CCC(C3)C21. The summed E-state index contributed by atoms with van der Waals surface area (Å²) in [6.07, 6.45) is 5.99. The van der Waals surface area contributed by atoms with Gasteiger partial charge < -0.3 is 0 Å². The third kappa shape index (κ3) is 0.847. The smallest absolute Gasteiger partial charge is 0.239 e. The number of hydrogen-bond donors (Lipinski definition) is 0. The number of fused-ring (bicyclic) bond motifs is 5. The van der Waals surface area contributed by atoms with E-state index >= 15 is 0 Å². The highest BCUT2D eigenvalue weighted by Crippen LogP contribution is 2.51. The van der Waals surface area contributed by atoms with Crippen LogP contribution < -0.4 is 0 Å². The highest BCUT2D eigenvalue weighted by Gasteiger charge is 2.52. The normalized spacial score (nSPS) is 45.8. The number of amides is 1. The molecule has 2 aliphatic carbocycles. The van der Waals surface area contributed by atoms with E-state index in [9.17, 15) is 4.79 Å². The molecule has 3 nitrogen and oxygen atoms in total. The second kappa shape index (κ2) is 2.34. The van der Waals surface area contributed by atoms with Crippen molar-refractivity contribution >= 4 is 12.1 Å². The highest BCUT2D eigenvalue weighted by atomic mass is 16.2. The molecule has 0 aromatic rings. The van der Waals surface area contributed by atoms with E-state index in [0.29, 0.717) is 12.0 Å². The van der Waals surface area contributed by atoms with Crippen molar-refractivity contribution < 1.29 is 4.79 Å². The zero-order valence-electron chi connectivity index (χ0n) is 7.81. The Kier molecular flexibility index (Phi) is 1.35. The summed E-state index contributed by atoms with van der Waals surface area (Å²) in [5, 5.41) is 5.94. The predicted octanol–water partition coefficient (Wildman–Crippen LogP) is 1.25. The summed E-state index contributed by atoms with van der Waals surface area (Å²) in [4.78, 5) is 11.3. The monoisotopic (exact) mass is 178 g/mol. The van der Waals surface area contributed by atoms with Crippen molar-refractivity contribution in [2.24, 2.45) is 22.9 Å². The Morgan fingerprint density at radius 2 is 2.23 bits per heavy atom. The molecule has 1 aliphatic heterocycles. The molecule has 4 unspecified atom stereocenters. The molecule has 4 atom stereocenters. The van der Waals surface area contributed by atoms with E-state index in [1.165, 1.54) is 19.3 Å². The maximum atomic E-state index is 11.3. The predicted molar refractivity (Wildman–Crippen MR) is 49.1 cm³/mol. The Labute approximate surface area is 77.8 Å². The lowest BCUT2D eigenvalue weighted by atomic mass is 9.86. The minimum atomic E-state index is 0.108. The quantitative estimate of drug-likeness (QED) is 0.549. The molecule has 2 bridgehead atoms. The number of hydrazone groups is 1. The summed E-state index contributed by atoms with van der Waals surface area (Å²) in [7, 11) is 0. The largest absolute Gasteiger partial charge is 0.273 e. The van der Waals surface area contributed by atoms with Crippen molar-refractivity contribution in [3.8, 4) is 0 Å². The summed E-state index contributed by atoms with van der Waals surface area (Å²) >= 11 is 0. The van der Waals surface area contributed by atoms with E-state index in [1.807, 2.05) is 6.21 Å². The molecule has 3 aliphatic rings. The topological polar surface area (TPSA) is 32.7 Å². The van der Waals surface area contributed by atoms with Crippen LogP contribution in [0.2, 0.25) is 0 Å². The number of rotatable bonds is 0. The lowest BCUT2D eigenvalue weighted by Crippen LogP contribution is -2.39. The molecular formula is C10H14N2O. The van der Waals surface area contributed by atoms with Crippen molar-refractivity contribution in [3.63, 3.8) is 0 Å². The first-order valence-electron chi connectivity index (χ1n) is 5.11. The van der Waals surface area contributed by atoms with Crippen molar-refractivity contribution in [2.75, 3.05) is 0 Å². The average Bonchev–Trinajstić information content (AvgIpc) is 2.76. The van der Waals surface area contributed by atoms with E-state index in [1.54, 1.807) is 11.9 Å². The fourth-order valence-corrected chi connectivity index (χ4v) is 3.40. The Morgan fingerprint density at radius 3 is 3.00 bits per heavy atom. The maximum Gasteiger partial charge on any atom is 0.239 e. The molecule has 0 radical (unpaired) electrons. The number of carbonyl (C=O) groups excluding carboxylic acids is 1. The van der Waals surface area contributed by atoms with Gasteiger partial charge in [0.15, 0.2) is 0 Å². The van der Waals surface area contributed by atoms with Crippen LogP contribution in [0.3, 0.4) is 0 Å². The van der Waals surface area contributed by atoms with E-state index < -0.39 is 0 Å². The molecule has 0 spiro atoms. The number of nitrogens with zero attached hydrogens (tertiary/aromatic N) is 2. The van der Waals surface area contributed by atoms with Gasteiger partial charge in [-0.2, -0.15) is 5.10 Å². The minimum Gasteiger partial charge on any atom is -0.273 e. The first-order valence-corrected chi connectivity index (χ1v) is 5.11. The van der Waals surface area contributed by atoms with Gasteiger partial charge in [0.1, 0.15) is 0 Å². The molecule has 2 saturated carbocycles. The van der Waals surface area contributed by atoms with Crippen molar-refractivity contribution in [1.29, 1.82) is 0 Å². The van der Waals surface area contributed by atoms with Gasteiger partial charge >= 0.3 is 0 Å². The van der Waals surface area contributed by atoms with Crippen LogP contribution in [-0.4, -0.2) is 23.2 Å². The first-order chi connectivity index (χ1) is 6.27. The van der Waals surface area contributed by atoms with Crippen LogP contribution >= 0.6 is 0 Å². The molecule has 70 valence electrons. The van der Waals surface area contributed by atoms with E-state index in [-0.39, 0.29) is 5.91 Å². The molecule has 0 aromatic carbocycles. The third-order valence-electron chi connectivity index (χ3n) is 3.90. The fraction of sp³-hybridized carbons (Fsp3) is 0.800. The summed E-state index contributed by atoms with van der Waals surface area (Å²) in [6, 6.07) is 0.427. The zero-order chi connectivity index (χ0) is 9.00. The van der Waals surface area contributed by atoms with Gasteiger partial charge in [0.05, 0.1) is 6.04 Å². The molecule has 0 aromatic heterocycles. The van der Waals surface area contributed by atoms with Crippen LogP contribution in [0.15, 0.2) is 5.10 Å². The van der Waals surface area contributed by atoms with Gasteiger partial charge in [0.25, 0.3) is 0 Å². The van der Waals surface area contributed by atoms with Crippen LogP contribution in [0.25, 0.3) is 0 Å². The Bertz CT molecular complexity index is 287. The first kappa shape index (κ1) is 7.54. The Hall–Kier alpha value is -0.860. The minimum absolute atomic E-state index is 0.108. The van der Waals surface area contributed by atoms with Crippen molar-refractivity contribution in [2.45, 2.75) is 32.2 Å². The molecule has 0 saturated heterocycles. The number of carbonyl (C=O) groups is 1. The summed E-state index contributed by atoms with van der Waals surface area (Å²) in [6.45, 7) is 1.62. The average molecular weight is 178 g/mol. The molecule has 0 N–H and O–H groups in total. The van der Waals surface area contributed by atoms with Gasteiger partial charge in [-0.05, 0) is 31.1 Å². The highest BCUT2D eigenvalue weighted by molar-refractivity contribution is 5.78. The summed E-state index contributed by atoms with van der Waals surface area (Å²) < 4.78 is 0. The molecule has 3 heteroatoms. The molecule has 1 amide bonds. The van der Waals surface area contributed by atoms with Gasteiger partial charge in [-0.1, -0.05) is 0 Å². The van der Waals surface area contributed by atoms with E-state index in [4.69, 9.17) is 0 Å². The van der Waals surface area contributed by atoms with Gasteiger partial charge in [-0.3, -0.25) is 4.79 Å². The van der Waals surface area contributed by atoms with Crippen LogP contribution in [0.4, 0.5) is 0 Å². The maximum absolute atomic E-state index is 11.3. The third-order valence-corrected chi connectivity index (χ3v) is 3.90. The molecule has 3 rings (SSSR count). The van der Waals surface area contributed by atoms with Crippen LogP contribution in [0, 0.1) is 17.8 Å². The van der Waals surface area contributed by atoms with Crippen molar-refractivity contribution in [3.05, 3.63) is 0 Å². The lowest BCUT2D eigenvalue weighted by molar-refractivity contribution is -0.131. The Morgan fingerprint density at radius 1 is 1.46 bits per heavy atom. The fourth-order valence-electron chi connectivity index (χ4n) is 3.40. The lowest BCUT2D eigenvalue weighted by Gasteiger charge is -2.28. The van der Waals surface area contributed by atoms with Crippen LogP contribution in [-0.2, 0) is 4.79 Å². The van der Waals surface area contributed by atoms with Gasteiger partial charge in [-0.15, -0.1) is 0 Å². The zero-order valence-corrected chi connectivity index (χ0v) is 7.81. The van der Waals surface area contributed by atoms with Gasteiger partial charge in [0, 0.05) is 19.1 Å². The van der Waals surface area contributed by atoms with Gasteiger partial charge in [0.2, 0.25) is 5.91 Å². The molecular weight excluding hydrogens is 164 g/mol. The van der Waals surface area contributed by atoms with E-state index in [0.717, 1.165) is 11.8 Å². The van der Waals surface area contributed by atoms with Crippen LogP contribution in [0.5, 0.6) is 0 Å².